The van der Waals surface area contributed by atoms with Crippen molar-refractivity contribution in [1.29, 1.82) is 0 Å². The topological polar surface area (TPSA) is 84.7 Å². The van der Waals surface area contributed by atoms with Crippen LogP contribution in [0.3, 0.4) is 0 Å². The lowest BCUT2D eigenvalue weighted by molar-refractivity contribution is -0.117. The van der Waals surface area contributed by atoms with Crippen molar-refractivity contribution in [2.75, 3.05) is 6.54 Å². The number of nitrogens with one attached hydrogen (secondary N) is 1. The zero-order valence-corrected chi connectivity index (χ0v) is 6.79. The van der Waals surface area contributed by atoms with Gasteiger partial charge >= 0.3 is 0 Å². The summed E-state index contributed by atoms with van der Waals surface area (Å²) in [7, 11) is 0. The van der Waals surface area contributed by atoms with Gasteiger partial charge in [-0.1, -0.05) is 0 Å². The van der Waals surface area contributed by atoms with Crippen molar-refractivity contribution in [3.05, 3.63) is 11.9 Å². The zero-order chi connectivity index (χ0) is 8.81. The minimum Gasteiger partial charge on any atom is -0.324 e. The van der Waals surface area contributed by atoms with Gasteiger partial charge in [-0.25, -0.2) is 0 Å². The van der Waals surface area contributed by atoms with E-state index in [4.69, 9.17) is 5.73 Å². The molecule has 0 aliphatic carbocycles. The van der Waals surface area contributed by atoms with Crippen molar-refractivity contribution < 1.29 is 4.79 Å². The number of carbonyl (C=O) groups excluding carboxylic acids is 1. The quantitative estimate of drug-likeness (QED) is 0.629. The van der Waals surface area contributed by atoms with Gasteiger partial charge in [0.2, 0.25) is 0 Å². The van der Waals surface area contributed by atoms with E-state index in [2.05, 4.69) is 15.4 Å². The number of hydrogen-bond donors (Lipinski definition) is 2. The number of aromatic amines is 1. The Kier molecular flexibility index (Phi) is 3.40. The fourth-order valence-corrected chi connectivity index (χ4v) is 0.915. The van der Waals surface area contributed by atoms with Gasteiger partial charge in [-0.2, -0.15) is 15.4 Å². The number of H-pyrrole nitrogens is 1. The second kappa shape index (κ2) is 4.61. The van der Waals surface area contributed by atoms with Gasteiger partial charge in [0.05, 0.1) is 18.4 Å². The smallest absolute Gasteiger partial charge is 0.146 e. The third-order valence-corrected chi connectivity index (χ3v) is 1.58. The zero-order valence-electron chi connectivity index (χ0n) is 6.79. The van der Waals surface area contributed by atoms with Crippen LogP contribution in [-0.2, 0) is 11.2 Å². The van der Waals surface area contributed by atoms with Crippen molar-refractivity contribution in [1.82, 2.24) is 15.4 Å². The first kappa shape index (κ1) is 8.86. The van der Waals surface area contributed by atoms with Crippen LogP contribution in [0.15, 0.2) is 6.20 Å². The third-order valence-electron chi connectivity index (χ3n) is 1.58. The lowest BCUT2D eigenvalue weighted by Crippen LogP contribution is -2.13. The summed E-state index contributed by atoms with van der Waals surface area (Å²) in [5.74, 6) is 0.0958. The van der Waals surface area contributed by atoms with E-state index in [1.165, 1.54) is 0 Å². The number of rotatable bonds is 5. The molecule has 5 heteroatoms. The molecular weight excluding hydrogens is 156 g/mol. The Morgan fingerprint density at radius 1 is 1.67 bits per heavy atom. The summed E-state index contributed by atoms with van der Waals surface area (Å²) in [6, 6.07) is 0. The molecule has 0 aliphatic rings. The summed E-state index contributed by atoms with van der Waals surface area (Å²) in [4.78, 5) is 10.8. The number of hydrogen-bond acceptors (Lipinski definition) is 4. The van der Waals surface area contributed by atoms with Crippen molar-refractivity contribution in [2.24, 2.45) is 5.73 Å². The van der Waals surface area contributed by atoms with Crippen LogP contribution in [-0.4, -0.2) is 27.7 Å². The molecule has 3 N–H and O–H groups in total. The summed E-state index contributed by atoms with van der Waals surface area (Å²) < 4.78 is 0. The number of aryl methyl sites for hydroxylation is 1. The molecule has 0 saturated heterocycles. The highest BCUT2D eigenvalue weighted by Crippen LogP contribution is 1.98. The van der Waals surface area contributed by atoms with Crippen LogP contribution in [0.4, 0.5) is 0 Å². The standard InChI is InChI=1S/C7H12N4O/c8-4-7(12)3-1-2-6-5-9-11-10-6/h5H,1-4,8H2,(H,9,10,11). The van der Waals surface area contributed by atoms with E-state index in [9.17, 15) is 4.79 Å². The predicted molar refractivity (Wildman–Crippen MR) is 43.4 cm³/mol. The molecule has 1 rings (SSSR count). The predicted octanol–water partition coefficient (Wildman–Crippen LogP) is -0.345. The molecule has 0 spiro atoms. The molecule has 0 amide bonds. The number of carbonyl (C=O) groups is 1. The number of aromatic nitrogens is 3. The highest BCUT2D eigenvalue weighted by molar-refractivity contribution is 5.80. The molecule has 5 nitrogen and oxygen atoms in total. The summed E-state index contributed by atoms with van der Waals surface area (Å²) in [5.41, 5.74) is 6.04. The number of ketones is 1. The molecule has 0 aliphatic heterocycles. The second-order valence-corrected chi connectivity index (χ2v) is 2.56. The van der Waals surface area contributed by atoms with Crippen LogP contribution in [0.25, 0.3) is 0 Å². The first-order valence-corrected chi connectivity index (χ1v) is 3.89. The van der Waals surface area contributed by atoms with Crippen LogP contribution >= 0.6 is 0 Å². The SMILES string of the molecule is NCC(=O)CCCc1cn[nH]n1. The van der Waals surface area contributed by atoms with Gasteiger partial charge in [0, 0.05) is 6.42 Å². The Bertz CT molecular complexity index is 232. The number of Topliss-reactive ketones (excluding diaryl/α,β-unsaturated/α-hetero) is 1. The van der Waals surface area contributed by atoms with E-state index in [1.807, 2.05) is 0 Å². The van der Waals surface area contributed by atoms with Crippen LogP contribution in [0.2, 0.25) is 0 Å². The van der Waals surface area contributed by atoms with Gasteiger partial charge in [-0.3, -0.25) is 4.79 Å². The first-order chi connectivity index (χ1) is 5.83. The molecule has 0 atom stereocenters. The largest absolute Gasteiger partial charge is 0.324 e. The van der Waals surface area contributed by atoms with Gasteiger partial charge in [-0.15, -0.1) is 0 Å². The summed E-state index contributed by atoms with van der Waals surface area (Å²) in [6.45, 7) is 0.138. The van der Waals surface area contributed by atoms with Crippen LogP contribution < -0.4 is 5.73 Å². The van der Waals surface area contributed by atoms with Gasteiger partial charge in [0.15, 0.2) is 0 Å². The van der Waals surface area contributed by atoms with Crippen molar-refractivity contribution in [3.63, 3.8) is 0 Å². The number of nitrogens with zero attached hydrogens (tertiary/aromatic N) is 2. The molecule has 0 radical (unpaired) electrons. The van der Waals surface area contributed by atoms with E-state index in [0.29, 0.717) is 6.42 Å². The molecule has 1 aromatic heterocycles. The fraction of sp³-hybridized carbons (Fsp3) is 0.571. The highest BCUT2D eigenvalue weighted by atomic mass is 16.1. The Morgan fingerprint density at radius 3 is 3.08 bits per heavy atom. The molecular formula is C7H12N4O. The van der Waals surface area contributed by atoms with Crippen molar-refractivity contribution >= 4 is 5.78 Å². The molecule has 1 aromatic rings. The summed E-state index contributed by atoms with van der Waals surface area (Å²) >= 11 is 0. The van der Waals surface area contributed by atoms with Crippen LogP contribution in [0, 0.1) is 0 Å². The second-order valence-electron chi connectivity index (χ2n) is 2.56. The fourth-order valence-electron chi connectivity index (χ4n) is 0.915. The summed E-state index contributed by atoms with van der Waals surface area (Å²) in [5, 5.41) is 10.0. The first-order valence-electron chi connectivity index (χ1n) is 3.89. The maximum absolute atomic E-state index is 10.8. The van der Waals surface area contributed by atoms with Gasteiger partial charge in [-0.05, 0) is 12.8 Å². The average molecular weight is 168 g/mol. The average Bonchev–Trinajstić information content (AvgIpc) is 2.57. The Morgan fingerprint density at radius 2 is 2.50 bits per heavy atom. The van der Waals surface area contributed by atoms with Crippen molar-refractivity contribution in [3.8, 4) is 0 Å². The van der Waals surface area contributed by atoms with Gasteiger partial charge in [0.1, 0.15) is 5.78 Å². The number of nitrogens with two attached hydrogens (primary N) is 1. The van der Waals surface area contributed by atoms with Crippen LogP contribution in [0.5, 0.6) is 0 Å². The lowest BCUT2D eigenvalue weighted by Gasteiger charge is -1.94. The molecule has 0 aromatic carbocycles. The lowest BCUT2D eigenvalue weighted by atomic mass is 10.1. The maximum Gasteiger partial charge on any atom is 0.146 e. The Hall–Kier alpha value is -1.23. The Labute approximate surface area is 70.3 Å². The van der Waals surface area contributed by atoms with E-state index in [0.717, 1.165) is 18.5 Å². The molecule has 1 heterocycles. The third kappa shape index (κ3) is 2.79. The van der Waals surface area contributed by atoms with Gasteiger partial charge < -0.3 is 5.73 Å². The maximum atomic E-state index is 10.8. The molecule has 0 unspecified atom stereocenters. The molecule has 0 saturated carbocycles. The molecule has 66 valence electrons. The molecule has 0 bridgehead atoms. The van der Waals surface area contributed by atoms with Crippen LogP contribution in [0.1, 0.15) is 18.5 Å². The van der Waals surface area contributed by atoms with E-state index >= 15 is 0 Å². The van der Waals surface area contributed by atoms with E-state index < -0.39 is 0 Å². The minimum atomic E-state index is 0.0958. The normalized spacial score (nSPS) is 10.1. The Balaban J connectivity index is 2.15. The van der Waals surface area contributed by atoms with E-state index in [1.54, 1.807) is 6.20 Å². The molecule has 0 fully saturated rings. The highest BCUT2D eigenvalue weighted by Gasteiger charge is 2.00. The van der Waals surface area contributed by atoms with E-state index in [-0.39, 0.29) is 12.3 Å². The minimum absolute atomic E-state index is 0.0958. The van der Waals surface area contributed by atoms with Crippen molar-refractivity contribution in [2.45, 2.75) is 19.3 Å². The molecule has 12 heavy (non-hydrogen) atoms. The monoisotopic (exact) mass is 168 g/mol. The van der Waals surface area contributed by atoms with Gasteiger partial charge in [0.25, 0.3) is 0 Å². The summed E-state index contributed by atoms with van der Waals surface area (Å²) in [6.07, 6.45) is 3.76.